The zero-order chi connectivity index (χ0) is 27.0. The van der Waals surface area contributed by atoms with Crippen LogP contribution in [-0.4, -0.2) is 42.3 Å². The molecule has 5 rings (SSSR count). The van der Waals surface area contributed by atoms with E-state index in [4.69, 9.17) is 11.6 Å². The molecule has 1 amide bonds. The fraction of sp³-hybridized carbons (Fsp3) is 0.393. The second-order valence-electron chi connectivity index (χ2n) is 10.2. The molecule has 1 N–H and O–H groups in total. The lowest BCUT2D eigenvalue weighted by molar-refractivity contribution is -0.117. The van der Waals surface area contributed by atoms with Crippen LogP contribution < -0.4 is 15.8 Å². The van der Waals surface area contributed by atoms with Gasteiger partial charge in [0.1, 0.15) is 10.7 Å². The molecule has 10 heteroatoms. The highest BCUT2D eigenvalue weighted by molar-refractivity contribution is 6.31. The first kappa shape index (κ1) is 25.9. The van der Waals surface area contributed by atoms with Gasteiger partial charge in [0, 0.05) is 61.1 Å². The minimum atomic E-state index is -0.253. The molecule has 0 aliphatic heterocycles. The van der Waals surface area contributed by atoms with Gasteiger partial charge >= 0.3 is 0 Å². The zero-order valence-electron chi connectivity index (χ0n) is 22.1. The van der Waals surface area contributed by atoms with Gasteiger partial charge in [-0.3, -0.25) is 18.8 Å². The third-order valence-corrected chi connectivity index (χ3v) is 7.43. The summed E-state index contributed by atoms with van der Waals surface area (Å²) < 4.78 is 3.38. The van der Waals surface area contributed by atoms with E-state index in [1.165, 1.54) is 0 Å². The maximum Gasteiger partial charge on any atom is 0.271 e. The van der Waals surface area contributed by atoms with E-state index in [2.05, 4.69) is 20.4 Å². The fourth-order valence-corrected chi connectivity index (χ4v) is 5.54. The van der Waals surface area contributed by atoms with E-state index in [1.54, 1.807) is 28.4 Å². The number of carbonyl (C=O) groups excluding carboxylic acids is 1. The number of aromatic nitrogens is 5. The SMILES string of the molecule is CC(=O)N(c1ccc(-c2cnn(C)c2)cc1)[C@H]1CC[C@H](Nc2ncc3cc(Cl)c(=O)n(C(C)C)c3n2)CC1. The quantitative estimate of drug-likeness (QED) is 0.365. The van der Waals surface area contributed by atoms with Gasteiger partial charge in [-0.25, -0.2) is 4.98 Å². The van der Waals surface area contributed by atoms with Crippen LogP contribution in [0.3, 0.4) is 0 Å². The first-order valence-electron chi connectivity index (χ1n) is 12.9. The molecule has 1 saturated carbocycles. The van der Waals surface area contributed by atoms with Crippen LogP contribution in [0, 0.1) is 0 Å². The Labute approximate surface area is 226 Å². The van der Waals surface area contributed by atoms with E-state index in [1.807, 2.05) is 62.5 Å². The van der Waals surface area contributed by atoms with Crippen LogP contribution >= 0.6 is 11.6 Å². The highest BCUT2D eigenvalue weighted by atomic mass is 35.5. The van der Waals surface area contributed by atoms with Crippen molar-refractivity contribution in [1.29, 1.82) is 0 Å². The van der Waals surface area contributed by atoms with E-state index in [9.17, 15) is 9.59 Å². The van der Waals surface area contributed by atoms with Gasteiger partial charge in [-0.15, -0.1) is 0 Å². The lowest BCUT2D eigenvalue weighted by atomic mass is 9.89. The van der Waals surface area contributed by atoms with Crippen molar-refractivity contribution in [2.24, 2.45) is 7.05 Å². The molecule has 0 radical (unpaired) electrons. The number of fused-ring (bicyclic) bond motifs is 1. The highest BCUT2D eigenvalue weighted by Crippen LogP contribution is 2.31. The highest BCUT2D eigenvalue weighted by Gasteiger charge is 2.29. The van der Waals surface area contributed by atoms with Gasteiger partial charge < -0.3 is 10.2 Å². The van der Waals surface area contributed by atoms with Gasteiger partial charge in [0.05, 0.1) is 6.20 Å². The molecule has 1 aliphatic rings. The molecule has 1 fully saturated rings. The van der Waals surface area contributed by atoms with Crippen molar-refractivity contribution in [2.75, 3.05) is 10.2 Å². The average Bonchev–Trinajstić information content (AvgIpc) is 3.32. The lowest BCUT2D eigenvalue weighted by Crippen LogP contribution is -2.43. The van der Waals surface area contributed by atoms with Gasteiger partial charge in [0.25, 0.3) is 5.56 Å². The largest absolute Gasteiger partial charge is 0.351 e. The average molecular weight is 534 g/mol. The Morgan fingerprint density at radius 3 is 2.42 bits per heavy atom. The molecule has 3 heterocycles. The third kappa shape index (κ3) is 5.15. The molecule has 9 nitrogen and oxygen atoms in total. The normalized spacial score (nSPS) is 17.6. The Balaban J connectivity index is 1.28. The summed E-state index contributed by atoms with van der Waals surface area (Å²) in [5.41, 5.74) is 3.34. The third-order valence-electron chi connectivity index (χ3n) is 7.16. The predicted octanol–water partition coefficient (Wildman–Crippen LogP) is 5.20. The summed E-state index contributed by atoms with van der Waals surface area (Å²) in [5.74, 6) is 0.533. The molecule has 0 atom stereocenters. The van der Waals surface area contributed by atoms with E-state index in [-0.39, 0.29) is 34.6 Å². The number of nitrogens with zero attached hydrogens (tertiary/aromatic N) is 6. The van der Waals surface area contributed by atoms with Crippen LogP contribution in [0.1, 0.15) is 52.5 Å². The van der Waals surface area contributed by atoms with Crippen molar-refractivity contribution in [1.82, 2.24) is 24.3 Å². The van der Waals surface area contributed by atoms with Gasteiger partial charge in [-0.1, -0.05) is 23.7 Å². The number of carbonyl (C=O) groups is 1. The minimum absolute atomic E-state index is 0.0405. The number of hydrogen-bond donors (Lipinski definition) is 1. The lowest BCUT2D eigenvalue weighted by Gasteiger charge is -2.36. The molecule has 0 spiro atoms. The number of benzene rings is 1. The van der Waals surface area contributed by atoms with Crippen molar-refractivity contribution in [3.63, 3.8) is 0 Å². The molecular weight excluding hydrogens is 502 g/mol. The summed E-state index contributed by atoms with van der Waals surface area (Å²) in [5, 5.41) is 8.58. The molecule has 4 aromatic rings. The monoisotopic (exact) mass is 533 g/mol. The molecule has 1 aromatic carbocycles. The van der Waals surface area contributed by atoms with Crippen molar-refractivity contribution in [2.45, 2.75) is 64.6 Å². The van der Waals surface area contributed by atoms with Crippen LogP contribution in [0.5, 0.6) is 0 Å². The number of anilines is 2. The number of pyridine rings is 1. The number of rotatable bonds is 6. The summed E-state index contributed by atoms with van der Waals surface area (Å²) in [4.78, 5) is 36.3. The smallest absolute Gasteiger partial charge is 0.271 e. The van der Waals surface area contributed by atoms with Crippen LogP contribution in [0.15, 0.2) is 53.7 Å². The topological polar surface area (TPSA) is 97.9 Å². The second kappa shape index (κ2) is 10.6. The number of hydrogen-bond acceptors (Lipinski definition) is 6. The van der Waals surface area contributed by atoms with Crippen molar-refractivity contribution in [3.05, 3.63) is 64.3 Å². The molecule has 0 unspecified atom stereocenters. The van der Waals surface area contributed by atoms with Crippen LogP contribution in [0.2, 0.25) is 5.02 Å². The second-order valence-corrected chi connectivity index (χ2v) is 10.6. The van der Waals surface area contributed by atoms with Crippen molar-refractivity contribution >= 4 is 40.2 Å². The number of nitrogens with one attached hydrogen (secondary N) is 1. The molecule has 38 heavy (non-hydrogen) atoms. The van der Waals surface area contributed by atoms with Crippen LogP contribution in [0.25, 0.3) is 22.2 Å². The molecule has 198 valence electrons. The van der Waals surface area contributed by atoms with E-state index in [0.29, 0.717) is 11.6 Å². The van der Waals surface area contributed by atoms with Gasteiger partial charge in [-0.05, 0) is 63.3 Å². The standard InChI is InChI=1S/C28H32ClN7O2/c1-17(2)35-26-20(13-25(29)27(35)38)14-30-28(33-26)32-22-7-11-24(12-8-22)36(18(3)37)23-9-5-19(6-10-23)21-15-31-34(4)16-21/h5-6,9-10,13-17,22,24H,7-8,11-12H2,1-4H3,(H,30,32,33)/t22-,24-. The Morgan fingerprint density at radius 1 is 1.11 bits per heavy atom. The predicted molar refractivity (Wildman–Crippen MR) is 151 cm³/mol. The number of aryl methyl sites for hydroxylation is 1. The van der Waals surface area contributed by atoms with Crippen molar-refractivity contribution < 1.29 is 4.79 Å². The first-order valence-corrected chi connectivity index (χ1v) is 13.3. The summed E-state index contributed by atoms with van der Waals surface area (Å²) in [7, 11) is 1.90. The van der Waals surface area contributed by atoms with Gasteiger partial charge in [-0.2, -0.15) is 10.1 Å². The van der Waals surface area contributed by atoms with E-state index < -0.39 is 0 Å². The molecule has 0 bridgehead atoms. The maximum atomic E-state index is 12.7. The van der Waals surface area contributed by atoms with Crippen LogP contribution in [-0.2, 0) is 11.8 Å². The Hall–Kier alpha value is -3.72. The minimum Gasteiger partial charge on any atom is -0.351 e. The van der Waals surface area contributed by atoms with Crippen molar-refractivity contribution in [3.8, 4) is 11.1 Å². The maximum absolute atomic E-state index is 12.7. The molecule has 1 aliphatic carbocycles. The zero-order valence-corrected chi connectivity index (χ0v) is 22.8. The van der Waals surface area contributed by atoms with Crippen LogP contribution in [0.4, 0.5) is 11.6 Å². The number of halogens is 1. The summed E-state index contributed by atoms with van der Waals surface area (Å²) >= 11 is 6.14. The Morgan fingerprint density at radius 2 is 1.82 bits per heavy atom. The van der Waals surface area contributed by atoms with Gasteiger partial charge in [0.2, 0.25) is 11.9 Å². The Bertz CT molecular complexity index is 1520. The molecule has 3 aromatic heterocycles. The van der Waals surface area contributed by atoms with Gasteiger partial charge in [0.15, 0.2) is 0 Å². The van der Waals surface area contributed by atoms with E-state index >= 15 is 0 Å². The summed E-state index contributed by atoms with van der Waals surface area (Å²) in [6.45, 7) is 5.49. The summed E-state index contributed by atoms with van der Waals surface area (Å²) in [6, 6.07) is 9.93. The molecular formula is C28H32ClN7O2. The fourth-order valence-electron chi connectivity index (χ4n) is 5.33. The van der Waals surface area contributed by atoms with E-state index in [0.717, 1.165) is 47.9 Å². The first-order chi connectivity index (χ1) is 18.2. The molecule has 0 saturated heterocycles. The summed E-state index contributed by atoms with van der Waals surface area (Å²) in [6.07, 6.45) is 8.99. The number of amides is 1. The Kier molecular flexibility index (Phi) is 7.21.